The van der Waals surface area contributed by atoms with E-state index in [-0.39, 0.29) is 17.7 Å². The summed E-state index contributed by atoms with van der Waals surface area (Å²) < 4.78 is 37.5. The number of piperidine rings is 1. The van der Waals surface area contributed by atoms with Crippen LogP contribution in [0.2, 0.25) is 0 Å². The van der Waals surface area contributed by atoms with Gasteiger partial charge in [0, 0.05) is 11.6 Å². The van der Waals surface area contributed by atoms with Crippen molar-refractivity contribution in [3.8, 4) is 0 Å². The highest BCUT2D eigenvalue weighted by Gasteiger charge is 2.31. The van der Waals surface area contributed by atoms with E-state index in [0.717, 1.165) is 12.1 Å². The van der Waals surface area contributed by atoms with Crippen LogP contribution in [0.5, 0.6) is 0 Å². The Morgan fingerprint density at radius 3 is 2.21 bits per heavy atom. The Bertz CT molecular complexity index is 594. The van der Waals surface area contributed by atoms with Gasteiger partial charge >= 0.3 is 6.18 Å². The number of nitrogens with one attached hydrogen (secondary N) is 1. The first kappa shape index (κ1) is 18.3. The molecule has 1 heterocycles. The molecule has 0 radical (unpaired) electrons. The van der Waals surface area contributed by atoms with Crippen molar-refractivity contribution in [1.29, 1.82) is 0 Å². The van der Waals surface area contributed by atoms with Crippen LogP contribution in [-0.4, -0.2) is 35.8 Å². The van der Waals surface area contributed by atoms with Gasteiger partial charge in [-0.15, -0.1) is 0 Å². The number of benzene rings is 1. The Morgan fingerprint density at radius 1 is 1.21 bits per heavy atom. The van der Waals surface area contributed by atoms with Crippen molar-refractivity contribution >= 4 is 17.5 Å². The van der Waals surface area contributed by atoms with E-state index in [1.807, 2.05) is 4.90 Å². The average molecular weight is 343 g/mol. The smallest absolute Gasteiger partial charge is 0.369 e. The molecule has 5 nitrogen and oxygen atoms in total. The molecule has 2 rings (SSSR count). The molecule has 0 spiro atoms. The number of anilines is 1. The van der Waals surface area contributed by atoms with Gasteiger partial charge in [-0.25, -0.2) is 0 Å². The number of primary amides is 1. The lowest BCUT2D eigenvalue weighted by Gasteiger charge is -2.34. The Balaban J connectivity index is 1.91. The van der Waals surface area contributed by atoms with E-state index < -0.39 is 17.8 Å². The first-order valence-corrected chi connectivity index (χ1v) is 7.70. The molecule has 0 bridgehead atoms. The fourth-order valence-electron chi connectivity index (χ4n) is 2.73. The van der Waals surface area contributed by atoms with Gasteiger partial charge in [0.15, 0.2) is 0 Å². The molecule has 1 aromatic rings. The van der Waals surface area contributed by atoms with E-state index in [1.165, 1.54) is 12.1 Å². The van der Waals surface area contributed by atoms with Gasteiger partial charge in [-0.05, 0) is 57.1 Å². The topological polar surface area (TPSA) is 75.4 Å². The second kappa shape index (κ2) is 7.21. The van der Waals surface area contributed by atoms with Crippen LogP contribution in [0.1, 0.15) is 25.3 Å². The minimum atomic E-state index is -4.40. The number of nitrogens with zero attached hydrogens (tertiary/aromatic N) is 1. The number of amides is 2. The average Bonchev–Trinajstić information content (AvgIpc) is 2.54. The lowest BCUT2D eigenvalue weighted by atomic mass is 9.95. The molecule has 1 aliphatic heterocycles. The number of carbonyl (C=O) groups excluding carboxylic acids is 2. The normalized spacial score (nSPS) is 18.2. The highest BCUT2D eigenvalue weighted by Crippen LogP contribution is 2.29. The predicted octanol–water partition coefficient (Wildman–Crippen LogP) is 2.23. The molecule has 1 saturated heterocycles. The minimum absolute atomic E-state index is 0.161. The summed E-state index contributed by atoms with van der Waals surface area (Å²) in [6, 6.07) is 3.87. The van der Waals surface area contributed by atoms with Crippen LogP contribution < -0.4 is 11.1 Å². The van der Waals surface area contributed by atoms with E-state index in [2.05, 4.69) is 5.32 Å². The van der Waals surface area contributed by atoms with Crippen molar-refractivity contribution in [2.45, 2.75) is 32.0 Å². The Hall–Kier alpha value is -2.09. The number of halogens is 3. The summed E-state index contributed by atoms with van der Waals surface area (Å²) in [4.78, 5) is 25.3. The summed E-state index contributed by atoms with van der Waals surface area (Å²) in [5.41, 5.74) is 4.83. The van der Waals surface area contributed by atoms with Crippen LogP contribution in [0.15, 0.2) is 24.3 Å². The van der Waals surface area contributed by atoms with Crippen LogP contribution in [0, 0.1) is 5.92 Å². The second-order valence-corrected chi connectivity index (χ2v) is 5.95. The molecular weight excluding hydrogens is 323 g/mol. The highest BCUT2D eigenvalue weighted by atomic mass is 19.4. The third-order valence-electron chi connectivity index (χ3n) is 4.34. The number of nitrogens with two attached hydrogens (primary N) is 1. The molecule has 8 heteroatoms. The molecule has 1 aromatic carbocycles. The summed E-state index contributed by atoms with van der Waals surface area (Å²) in [6.07, 6.45) is -3.19. The van der Waals surface area contributed by atoms with E-state index in [1.54, 1.807) is 6.92 Å². The SMILES string of the molecule is CC(C(=O)Nc1ccc(C(F)(F)F)cc1)N1CCC(C(N)=O)CC1. The zero-order valence-electron chi connectivity index (χ0n) is 13.3. The Morgan fingerprint density at radius 2 is 1.75 bits per heavy atom. The molecule has 1 unspecified atom stereocenters. The van der Waals surface area contributed by atoms with Crippen LogP contribution in [0.4, 0.5) is 18.9 Å². The Labute approximate surface area is 138 Å². The van der Waals surface area contributed by atoms with Gasteiger partial charge in [0.05, 0.1) is 11.6 Å². The summed E-state index contributed by atoms with van der Waals surface area (Å²) in [5.74, 6) is -0.782. The fraction of sp³-hybridized carbons (Fsp3) is 0.500. The number of rotatable bonds is 4. The summed E-state index contributed by atoms with van der Waals surface area (Å²) in [7, 11) is 0. The number of hydrogen-bond acceptors (Lipinski definition) is 3. The number of alkyl halides is 3. The molecule has 0 aliphatic carbocycles. The molecule has 1 aliphatic rings. The van der Waals surface area contributed by atoms with Gasteiger partial charge in [0.2, 0.25) is 11.8 Å². The van der Waals surface area contributed by atoms with Crippen LogP contribution in [0.25, 0.3) is 0 Å². The van der Waals surface area contributed by atoms with Gasteiger partial charge in [-0.3, -0.25) is 14.5 Å². The van der Waals surface area contributed by atoms with Crippen molar-refractivity contribution < 1.29 is 22.8 Å². The van der Waals surface area contributed by atoms with Gasteiger partial charge in [0.25, 0.3) is 0 Å². The van der Waals surface area contributed by atoms with Crippen LogP contribution >= 0.6 is 0 Å². The van der Waals surface area contributed by atoms with Crippen molar-refractivity contribution in [3.05, 3.63) is 29.8 Å². The molecule has 24 heavy (non-hydrogen) atoms. The molecule has 132 valence electrons. The van der Waals surface area contributed by atoms with E-state index in [4.69, 9.17) is 5.73 Å². The van der Waals surface area contributed by atoms with Crippen molar-refractivity contribution in [2.75, 3.05) is 18.4 Å². The molecule has 0 aromatic heterocycles. The molecule has 1 atom stereocenters. The van der Waals surface area contributed by atoms with Crippen LogP contribution in [0.3, 0.4) is 0 Å². The second-order valence-electron chi connectivity index (χ2n) is 5.95. The summed E-state index contributed by atoms with van der Waals surface area (Å²) >= 11 is 0. The quantitative estimate of drug-likeness (QED) is 0.880. The molecular formula is C16H20F3N3O2. The van der Waals surface area contributed by atoms with Crippen molar-refractivity contribution in [2.24, 2.45) is 11.7 Å². The maximum atomic E-state index is 12.5. The standard InChI is InChI=1S/C16H20F3N3O2/c1-10(22-8-6-11(7-9-22)14(20)23)15(24)21-13-4-2-12(3-5-13)16(17,18)19/h2-5,10-11H,6-9H2,1H3,(H2,20,23)(H,21,24). The molecule has 0 saturated carbocycles. The third kappa shape index (κ3) is 4.47. The minimum Gasteiger partial charge on any atom is -0.369 e. The monoisotopic (exact) mass is 343 g/mol. The third-order valence-corrected chi connectivity index (χ3v) is 4.34. The fourth-order valence-corrected chi connectivity index (χ4v) is 2.73. The maximum absolute atomic E-state index is 12.5. The Kier molecular flexibility index (Phi) is 5.48. The van der Waals surface area contributed by atoms with Gasteiger partial charge in [0.1, 0.15) is 0 Å². The summed E-state index contributed by atoms with van der Waals surface area (Å²) in [5, 5.41) is 2.61. The first-order chi connectivity index (χ1) is 11.2. The number of hydrogen-bond donors (Lipinski definition) is 2. The van der Waals surface area contributed by atoms with E-state index >= 15 is 0 Å². The summed E-state index contributed by atoms with van der Waals surface area (Å²) in [6.45, 7) is 2.88. The van der Waals surface area contributed by atoms with Gasteiger partial charge in [-0.2, -0.15) is 13.2 Å². The number of carbonyl (C=O) groups is 2. The van der Waals surface area contributed by atoms with Crippen LogP contribution in [-0.2, 0) is 15.8 Å². The van der Waals surface area contributed by atoms with Gasteiger partial charge in [-0.1, -0.05) is 0 Å². The highest BCUT2D eigenvalue weighted by molar-refractivity contribution is 5.94. The lowest BCUT2D eigenvalue weighted by molar-refractivity contribution is -0.137. The van der Waals surface area contributed by atoms with Gasteiger partial charge < -0.3 is 11.1 Å². The molecule has 2 amide bonds. The molecule has 3 N–H and O–H groups in total. The zero-order chi connectivity index (χ0) is 17.9. The predicted molar refractivity (Wildman–Crippen MR) is 83.0 cm³/mol. The van der Waals surface area contributed by atoms with Crippen molar-refractivity contribution in [1.82, 2.24) is 4.90 Å². The zero-order valence-corrected chi connectivity index (χ0v) is 13.3. The van der Waals surface area contributed by atoms with E-state index in [0.29, 0.717) is 31.6 Å². The largest absolute Gasteiger partial charge is 0.416 e. The van der Waals surface area contributed by atoms with Crippen molar-refractivity contribution in [3.63, 3.8) is 0 Å². The number of likely N-dealkylation sites (tertiary alicyclic amines) is 1. The van der Waals surface area contributed by atoms with E-state index in [9.17, 15) is 22.8 Å². The first-order valence-electron chi connectivity index (χ1n) is 7.70. The molecule has 1 fully saturated rings. The lowest BCUT2D eigenvalue weighted by Crippen LogP contribution is -2.47. The maximum Gasteiger partial charge on any atom is 0.416 e.